The fourth-order valence-corrected chi connectivity index (χ4v) is 4.09. The standard InChI is InChI=1S/C30H46N2O3/c1-4-7-9-11-12-13-14-15-17-29-31-23-26(24-32-29)30(33)35-28(6-3)25-18-20-27(21-19-25)34-22-16-10-8-5-2/h18-21,23-24,28H,4-17,22H2,1-3H3. The highest BCUT2D eigenvalue weighted by molar-refractivity contribution is 5.88. The van der Waals surface area contributed by atoms with E-state index >= 15 is 0 Å². The first-order valence-corrected chi connectivity index (χ1v) is 13.9. The summed E-state index contributed by atoms with van der Waals surface area (Å²) < 4.78 is 11.6. The maximum atomic E-state index is 12.7. The van der Waals surface area contributed by atoms with Gasteiger partial charge >= 0.3 is 5.97 Å². The average Bonchev–Trinajstić information content (AvgIpc) is 2.89. The number of ether oxygens (including phenoxy) is 2. The first-order valence-electron chi connectivity index (χ1n) is 13.9. The van der Waals surface area contributed by atoms with Crippen LogP contribution in [0, 0.1) is 0 Å². The Morgan fingerprint density at radius 3 is 1.94 bits per heavy atom. The van der Waals surface area contributed by atoms with Gasteiger partial charge in [-0.25, -0.2) is 14.8 Å². The fraction of sp³-hybridized carbons (Fsp3) is 0.633. The first-order chi connectivity index (χ1) is 17.2. The van der Waals surface area contributed by atoms with Gasteiger partial charge in [-0.05, 0) is 37.0 Å². The molecule has 1 atom stereocenters. The van der Waals surface area contributed by atoms with Crippen molar-refractivity contribution in [2.75, 3.05) is 6.61 Å². The highest BCUT2D eigenvalue weighted by atomic mass is 16.5. The van der Waals surface area contributed by atoms with Crippen molar-refractivity contribution in [1.29, 1.82) is 0 Å². The predicted molar refractivity (Wildman–Crippen MR) is 143 cm³/mol. The smallest absolute Gasteiger partial charge is 0.341 e. The van der Waals surface area contributed by atoms with E-state index in [0.29, 0.717) is 12.0 Å². The van der Waals surface area contributed by atoms with Crippen LogP contribution in [0.4, 0.5) is 0 Å². The third kappa shape index (κ3) is 11.7. The van der Waals surface area contributed by atoms with Crippen molar-refractivity contribution < 1.29 is 14.3 Å². The Kier molecular flexibility index (Phi) is 14.8. The van der Waals surface area contributed by atoms with E-state index in [1.165, 1.54) is 64.2 Å². The molecule has 0 N–H and O–H groups in total. The van der Waals surface area contributed by atoms with Crippen molar-refractivity contribution in [1.82, 2.24) is 9.97 Å². The van der Waals surface area contributed by atoms with Gasteiger partial charge in [0.05, 0.1) is 12.2 Å². The zero-order valence-corrected chi connectivity index (χ0v) is 22.3. The summed E-state index contributed by atoms with van der Waals surface area (Å²) in [6.45, 7) is 7.20. The van der Waals surface area contributed by atoms with Crippen LogP contribution in [0.1, 0.15) is 132 Å². The number of hydrogen-bond acceptors (Lipinski definition) is 5. The molecule has 1 aromatic heterocycles. The maximum absolute atomic E-state index is 12.7. The Morgan fingerprint density at radius 2 is 1.34 bits per heavy atom. The van der Waals surface area contributed by atoms with Crippen molar-refractivity contribution >= 4 is 5.97 Å². The number of nitrogens with zero attached hydrogens (tertiary/aromatic N) is 2. The lowest BCUT2D eigenvalue weighted by Gasteiger charge is -2.17. The third-order valence-corrected chi connectivity index (χ3v) is 6.33. The zero-order chi connectivity index (χ0) is 25.1. The molecule has 0 saturated carbocycles. The Hall–Kier alpha value is -2.43. The van der Waals surface area contributed by atoms with Crippen LogP contribution >= 0.6 is 0 Å². The Morgan fingerprint density at radius 1 is 0.771 bits per heavy atom. The van der Waals surface area contributed by atoms with E-state index < -0.39 is 0 Å². The molecule has 0 saturated heterocycles. The summed E-state index contributed by atoms with van der Waals surface area (Å²) in [7, 11) is 0. The van der Waals surface area contributed by atoms with E-state index in [1.807, 2.05) is 31.2 Å². The van der Waals surface area contributed by atoms with Crippen LogP contribution in [0.2, 0.25) is 0 Å². The fourth-order valence-electron chi connectivity index (χ4n) is 4.09. The summed E-state index contributed by atoms with van der Waals surface area (Å²) in [5.41, 5.74) is 1.36. The molecule has 0 aliphatic carbocycles. The van der Waals surface area contributed by atoms with Gasteiger partial charge in [0.2, 0.25) is 0 Å². The number of aryl methyl sites for hydroxylation is 1. The minimum absolute atomic E-state index is 0.307. The number of aromatic nitrogens is 2. The molecule has 5 heteroatoms. The normalized spacial score (nSPS) is 11.9. The molecule has 0 radical (unpaired) electrons. The molecule has 1 heterocycles. The largest absolute Gasteiger partial charge is 0.494 e. The highest BCUT2D eigenvalue weighted by Crippen LogP contribution is 2.25. The lowest BCUT2D eigenvalue weighted by molar-refractivity contribution is 0.0286. The minimum atomic E-state index is -0.383. The molecule has 194 valence electrons. The van der Waals surface area contributed by atoms with Gasteiger partial charge in [-0.15, -0.1) is 0 Å². The average molecular weight is 483 g/mol. The summed E-state index contributed by atoms with van der Waals surface area (Å²) in [6, 6.07) is 7.86. The van der Waals surface area contributed by atoms with Gasteiger partial charge in [0.1, 0.15) is 17.7 Å². The molecule has 35 heavy (non-hydrogen) atoms. The molecule has 2 rings (SSSR count). The van der Waals surface area contributed by atoms with E-state index in [2.05, 4.69) is 23.8 Å². The van der Waals surface area contributed by atoms with Gasteiger partial charge in [0.15, 0.2) is 0 Å². The van der Waals surface area contributed by atoms with E-state index in [-0.39, 0.29) is 12.1 Å². The number of carbonyl (C=O) groups excluding carboxylic acids is 1. The monoisotopic (exact) mass is 482 g/mol. The van der Waals surface area contributed by atoms with Gasteiger partial charge in [-0.3, -0.25) is 0 Å². The van der Waals surface area contributed by atoms with Crippen LogP contribution in [-0.4, -0.2) is 22.5 Å². The van der Waals surface area contributed by atoms with Crippen LogP contribution in [0.15, 0.2) is 36.7 Å². The highest BCUT2D eigenvalue weighted by Gasteiger charge is 2.17. The second-order valence-corrected chi connectivity index (χ2v) is 9.39. The molecule has 0 fully saturated rings. The number of hydrogen-bond donors (Lipinski definition) is 0. The van der Waals surface area contributed by atoms with Crippen LogP contribution in [0.25, 0.3) is 0 Å². The van der Waals surface area contributed by atoms with Gasteiger partial charge in [0, 0.05) is 18.8 Å². The van der Waals surface area contributed by atoms with Crippen molar-refractivity contribution in [2.45, 2.75) is 117 Å². The minimum Gasteiger partial charge on any atom is -0.494 e. The van der Waals surface area contributed by atoms with E-state index in [0.717, 1.165) is 43.0 Å². The van der Waals surface area contributed by atoms with Gasteiger partial charge in [0.25, 0.3) is 0 Å². The zero-order valence-electron chi connectivity index (χ0n) is 22.3. The molecule has 0 amide bonds. The lowest BCUT2D eigenvalue weighted by atomic mass is 10.1. The molecule has 1 aromatic carbocycles. The molecular formula is C30H46N2O3. The summed E-state index contributed by atoms with van der Waals surface area (Å²) in [6.07, 6.45) is 19.4. The van der Waals surface area contributed by atoms with Gasteiger partial charge < -0.3 is 9.47 Å². The molecule has 0 aliphatic rings. The number of rotatable bonds is 19. The molecule has 0 spiro atoms. The van der Waals surface area contributed by atoms with Crippen LogP contribution < -0.4 is 4.74 Å². The van der Waals surface area contributed by atoms with Crippen molar-refractivity contribution in [3.8, 4) is 5.75 Å². The number of carbonyl (C=O) groups is 1. The Balaban J connectivity index is 1.74. The van der Waals surface area contributed by atoms with Crippen LogP contribution in [-0.2, 0) is 11.2 Å². The summed E-state index contributed by atoms with van der Waals surface area (Å²) in [4.78, 5) is 21.5. The van der Waals surface area contributed by atoms with E-state index in [4.69, 9.17) is 9.47 Å². The Bertz CT molecular complexity index is 805. The van der Waals surface area contributed by atoms with Crippen molar-refractivity contribution in [3.05, 3.63) is 53.6 Å². The van der Waals surface area contributed by atoms with Crippen molar-refractivity contribution in [3.63, 3.8) is 0 Å². The molecule has 2 aromatic rings. The van der Waals surface area contributed by atoms with E-state index in [1.54, 1.807) is 12.4 Å². The number of benzene rings is 1. The molecule has 0 aliphatic heterocycles. The second kappa shape index (κ2) is 17.9. The second-order valence-electron chi connectivity index (χ2n) is 9.39. The number of unbranched alkanes of at least 4 members (excludes halogenated alkanes) is 10. The van der Waals surface area contributed by atoms with Gasteiger partial charge in [-0.2, -0.15) is 0 Å². The van der Waals surface area contributed by atoms with Gasteiger partial charge in [-0.1, -0.05) is 97.1 Å². The van der Waals surface area contributed by atoms with E-state index in [9.17, 15) is 4.79 Å². The molecule has 1 unspecified atom stereocenters. The lowest BCUT2D eigenvalue weighted by Crippen LogP contribution is -2.12. The maximum Gasteiger partial charge on any atom is 0.341 e. The summed E-state index contributed by atoms with van der Waals surface area (Å²) in [5, 5.41) is 0. The quantitative estimate of drug-likeness (QED) is 0.148. The summed E-state index contributed by atoms with van der Waals surface area (Å²) in [5.74, 6) is 1.27. The SMILES string of the molecule is CCCCCCCCCCc1ncc(C(=O)OC(CC)c2ccc(OCCCCCC)cc2)cn1. The third-order valence-electron chi connectivity index (χ3n) is 6.33. The van der Waals surface area contributed by atoms with Crippen molar-refractivity contribution in [2.24, 2.45) is 0 Å². The Labute approximate surface area is 213 Å². The predicted octanol–water partition coefficient (Wildman–Crippen LogP) is 8.43. The summed E-state index contributed by atoms with van der Waals surface area (Å²) >= 11 is 0. The van der Waals surface area contributed by atoms with Crippen LogP contribution in [0.3, 0.4) is 0 Å². The topological polar surface area (TPSA) is 61.3 Å². The number of esters is 1. The molecule has 0 bridgehead atoms. The first kappa shape index (κ1) is 28.8. The van der Waals surface area contributed by atoms with Crippen LogP contribution in [0.5, 0.6) is 5.75 Å². The molecule has 5 nitrogen and oxygen atoms in total. The molecular weight excluding hydrogens is 436 g/mol.